The Balaban J connectivity index is 1.38. The topological polar surface area (TPSA) is 138 Å². The van der Waals surface area contributed by atoms with Crippen LogP contribution in [0.3, 0.4) is 0 Å². The Morgan fingerprint density at radius 3 is 2.61 bits per heavy atom. The van der Waals surface area contributed by atoms with Crippen molar-refractivity contribution in [3.63, 3.8) is 0 Å². The molecule has 2 fully saturated rings. The molecule has 0 radical (unpaired) electrons. The van der Waals surface area contributed by atoms with E-state index in [2.05, 4.69) is 21.3 Å². The number of rotatable bonds is 8. The van der Waals surface area contributed by atoms with Gasteiger partial charge >= 0.3 is 0 Å². The molecule has 3 unspecified atom stereocenters. The highest BCUT2D eigenvalue weighted by Crippen LogP contribution is 2.24. The molecule has 5 atom stereocenters. The Morgan fingerprint density at radius 2 is 1.82 bits per heavy atom. The number of carbonyl (C=O) groups excluding carboxylic acids is 4. The zero-order valence-electron chi connectivity index (χ0n) is 30.0. The maximum atomic E-state index is 14.2. The third-order valence-electron chi connectivity index (χ3n) is 10.5. The van der Waals surface area contributed by atoms with Crippen molar-refractivity contribution in [2.75, 3.05) is 39.4 Å². The molecule has 51 heavy (non-hydrogen) atoms. The predicted octanol–water partition coefficient (Wildman–Crippen LogP) is 3.33. The van der Waals surface area contributed by atoms with Crippen molar-refractivity contribution >= 4 is 36.3 Å². The van der Waals surface area contributed by atoms with Crippen LogP contribution in [0.15, 0.2) is 48.5 Å². The predicted molar refractivity (Wildman–Crippen MR) is 199 cm³/mol. The van der Waals surface area contributed by atoms with E-state index in [0.29, 0.717) is 39.1 Å². The second-order valence-electron chi connectivity index (χ2n) is 14.2. The lowest BCUT2D eigenvalue weighted by Gasteiger charge is -2.36. The summed E-state index contributed by atoms with van der Waals surface area (Å²) in [5, 5.41) is 11.2. The van der Waals surface area contributed by atoms with Gasteiger partial charge in [-0.25, -0.2) is 0 Å². The zero-order chi connectivity index (χ0) is 36.2. The summed E-state index contributed by atoms with van der Waals surface area (Å²) >= 11 is 4.72. The zero-order valence-corrected chi connectivity index (χ0v) is 30.9. The number of nitrogens with one attached hydrogen (secondary N) is 4. The first-order valence-corrected chi connectivity index (χ1v) is 19.1. The first-order chi connectivity index (χ1) is 24.7. The van der Waals surface area contributed by atoms with Crippen molar-refractivity contribution in [3.05, 3.63) is 65.2 Å². The molecule has 2 saturated heterocycles. The van der Waals surface area contributed by atoms with Gasteiger partial charge in [-0.05, 0) is 99.7 Å². The monoisotopic (exact) mass is 721 g/mol. The fourth-order valence-corrected chi connectivity index (χ4v) is 7.50. The van der Waals surface area contributed by atoms with Crippen molar-refractivity contribution in [2.45, 2.75) is 95.2 Å². The molecule has 3 aliphatic rings. The minimum Gasteiger partial charge on any atom is -0.494 e. The van der Waals surface area contributed by atoms with Gasteiger partial charge in [0.1, 0.15) is 17.0 Å². The number of nitrogens with zero attached hydrogens (tertiary/aromatic N) is 1. The van der Waals surface area contributed by atoms with Gasteiger partial charge in [-0.3, -0.25) is 19.2 Å². The molecule has 2 aromatic carbocycles. The summed E-state index contributed by atoms with van der Waals surface area (Å²) in [4.78, 5) is 57.0. The number of carbonyl (C=O) groups is 4. The Labute approximate surface area is 307 Å². The SMILES string of the molecule is Cc1ccc2cc1CNC(=O)C(C)[C@H](CCc1ccccc1)NC(=O)[C@@H](NC(=O)CCOC1CCNCC1)C(S)C(=O)N1CCCC(CCO2)C1. The van der Waals surface area contributed by atoms with Gasteiger partial charge in [-0.1, -0.05) is 43.3 Å². The van der Waals surface area contributed by atoms with Crippen LogP contribution in [0.5, 0.6) is 5.75 Å². The van der Waals surface area contributed by atoms with Crippen LogP contribution in [0.4, 0.5) is 0 Å². The van der Waals surface area contributed by atoms with Crippen LogP contribution in [0.25, 0.3) is 0 Å². The van der Waals surface area contributed by atoms with Crippen LogP contribution in [-0.2, 0) is 36.9 Å². The molecule has 11 nitrogen and oxygen atoms in total. The second kappa shape index (κ2) is 19.3. The molecule has 12 heteroatoms. The first-order valence-electron chi connectivity index (χ1n) is 18.6. The fraction of sp³-hybridized carbons (Fsp3) is 0.590. The van der Waals surface area contributed by atoms with Gasteiger partial charge in [0.25, 0.3) is 0 Å². The van der Waals surface area contributed by atoms with Crippen molar-refractivity contribution in [3.8, 4) is 5.75 Å². The van der Waals surface area contributed by atoms with Gasteiger partial charge in [0, 0.05) is 32.1 Å². The van der Waals surface area contributed by atoms with E-state index in [1.165, 1.54) is 0 Å². The summed E-state index contributed by atoms with van der Waals surface area (Å²) in [5.41, 5.74) is 3.06. The highest BCUT2D eigenvalue weighted by molar-refractivity contribution is 7.82. The average molecular weight is 722 g/mol. The molecule has 0 spiro atoms. The first kappa shape index (κ1) is 38.6. The fourth-order valence-electron chi connectivity index (χ4n) is 7.13. The number of piperidine rings is 2. The molecule has 4 N–H and O–H groups in total. The van der Waals surface area contributed by atoms with E-state index in [1.807, 2.05) is 55.5 Å². The maximum absolute atomic E-state index is 14.2. The van der Waals surface area contributed by atoms with Gasteiger partial charge in [0.2, 0.25) is 23.6 Å². The van der Waals surface area contributed by atoms with Gasteiger partial charge < -0.3 is 35.6 Å². The lowest BCUT2D eigenvalue weighted by molar-refractivity contribution is -0.137. The molecule has 4 bridgehead atoms. The number of thiol groups is 1. The summed E-state index contributed by atoms with van der Waals surface area (Å²) in [6.07, 6.45) is 5.54. The van der Waals surface area contributed by atoms with Crippen LogP contribution in [-0.4, -0.2) is 91.4 Å². The smallest absolute Gasteiger partial charge is 0.244 e. The number of aryl methyl sites for hydroxylation is 2. The van der Waals surface area contributed by atoms with E-state index in [0.717, 1.165) is 67.6 Å². The Morgan fingerprint density at radius 1 is 1.04 bits per heavy atom. The van der Waals surface area contributed by atoms with Crippen LogP contribution in [0, 0.1) is 18.8 Å². The van der Waals surface area contributed by atoms with Gasteiger partial charge in [0.05, 0.1) is 25.2 Å². The summed E-state index contributed by atoms with van der Waals surface area (Å²) in [5.74, 6) is -1.11. The lowest BCUT2D eigenvalue weighted by Crippen LogP contribution is -2.59. The average Bonchev–Trinajstić information content (AvgIpc) is 3.15. The largest absolute Gasteiger partial charge is 0.494 e. The number of amides is 4. The number of fused-ring (bicyclic) bond motifs is 4. The highest BCUT2D eigenvalue weighted by Gasteiger charge is 2.38. The minimum absolute atomic E-state index is 0.0462. The minimum atomic E-state index is -1.25. The van der Waals surface area contributed by atoms with Crippen molar-refractivity contribution in [2.24, 2.45) is 11.8 Å². The Bertz CT molecular complexity index is 1470. The molecule has 2 aromatic rings. The molecule has 0 saturated carbocycles. The van der Waals surface area contributed by atoms with E-state index in [-0.39, 0.29) is 36.9 Å². The molecular formula is C39H55N5O6S. The summed E-state index contributed by atoms with van der Waals surface area (Å²) in [6, 6.07) is 13.9. The van der Waals surface area contributed by atoms with Gasteiger partial charge in [-0.15, -0.1) is 0 Å². The van der Waals surface area contributed by atoms with Crippen molar-refractivity contribution < 1.29 is 28.7 Å². The van der Waals surface area contributed by atoms with Crippen molar-refractivity contribution in [1.82, 2.24) is 26.2 Å². The third-order valence-corrected chi connectivity index (χ3v) is 11.0. The molecule has 5 rings (SSSR count). The molecule has 4 amide bonds. The number of benzene rings is 2. The van der Waals surface area contributed by atoms with Gasteiger partial charge in [0.15, 0.2) is 0 Å². The van der Waals surface area contributed by atoms with E-state index in [9.17, 15) is 19.2 Å². The number of hydrogen-bond acceptors (Lipinski definition) is 8. The molecule has 278 valence electrons. The Hall–Kier alpha value is -3.61. The van der Waals surface area contributed by atoms with Crippen molar-refractivity contribution in [1.29, 1.82) is 0 Å². The van der Waals surface area contributed by atoms with E-state index in [1.54, 1.807) is 11.8 Å². The summed E-state index contributed by atoms with van der Waals surface area (Å²) < 4.78 is 12.1. The molecule has 0 aromatic heterocycles. The van der Waals surface area contributed by atoms with E-state index in [4.69, 9.17) is 22.1 Å². The molecule has 0 aliphatic carbocycles. The van der Waals surface area contributed by atoms with Crippen LogP contribution in [0.1, 0.15) is 68.6 Å². The Kier molecular flexibility index (Phi) is 14.6. The van der Waals surface area contributed by atoms with Crippen LogP contribution >= 0.6 is 12.6 Å². The summed E-state index contributed by atoms with van der Waals surface area (Å²) in [7, 11) is 0. The standard InChI is InChI=1S/C39H55N5O6S/c1-26-10-12-32-23-30(26)24-41-37(46)27(2)33(13-11-28-7-4-3-5-8-28)42-38(47)35(43-34(45)17-22-49-31-14-18-40-19-15-31)36(51)39(48)44-20-6-9-29(25-44)16-21-50-32/h3-5,7-8,10,12,23,27,29,31,33,35-36,40,51H,6,9,11,13-22,24-25H2,1-2H3,(H,41,46)(H,42,47)(H,43,45)/t27?,29?,33-,35-,36?/m0/s1. The highest BCUT2D eigenvalue weighted by atomic mass is 32.1. The molecule has 3 aliphatic heterocycles. The summed E-state index contributed by atoms with van der Waals surface area (Å²) in [6.45, 7) is 7.65. The van der Waals surface area contributed by atoms with E-state index >= 15 is 0 Å². The number of ether oxygens (including phenoxy) is 2. The molecule has 3 heterocycles. The van der Waals surface area contributed by atoms with Gasteiger partial charge in [-0.2, -0.15) is 12.6 Å². The van der Waals surface area contributed by atoms with E-state index < -0.39 is 35.1 Å². The second-order valence-corrected chi connectivity index (χ2v) is 14.8. The molecular weight excluding hydrogens is 667 g/mol. The quantitative estimate of drug-likeness (QED) is 0.264. The van der Waals surface area contributed by atoms with Crippen LogP contribution < -0.4 is 26.0 Å². The number of hydrogen-bond donors (Lipinski definition) is 5. The van der Waals surface area contributed by atoms with Crippen LogP contribution in [0.2, 0.25) is 0 Å². The third kappa shape index (κ3) is 11.4. The lowest BCUT2D eigenvalue weighted by atomic mass is 9.93. The normalized spacial score (nSPS) is 25.7. The maximum Gasteiger partial charge on any atom is 0.244 e.